The molecule has 1 fully saturated rings. The van der Waals surface area contributed by atoms with Crippen LogP contribution in [-0.4, -0.2) is 18.1 Å². The summed E-state index contributed by atoms with van der Waals surface area (Å²) in [5, 5.41) is 2.65. The van der Waals surface area contributed by atoms with Crippen LogP contribution in [0.15, 0.2) is 24.3 Å². The first-order chi connectivity index (χ1) is 8.49. The van der Waals surface area contributed by atoms with E-state index in [1.165, 1.54) is 6.92 Å². The van der Waals surface area contributed by atoms with Crippen molar-refractivity contribution < 1.29 is 14.3 Å². The molecule has 1 aromatic carbocycles. The second kappa shape index (κ2) is 5.26. The molecule has 1 saturated heterocycles. The van der Waals surface area contributed by atoms with Gasteiger partial charge in [0.1, 0.15) is 0 Å². The van der Waals surface area contributed by atoms with Crippen LogP contribution in [0.2, 0.25) is 0 Å². The molecule has 18 heavy (non-hydrogen) atoms. The zero-order valence-corrected chi connectivity index (χ0v) is 12.3. The summed E-state index contributed by atoms with van der Waals surface area (Å²) in [7, 11) is 0. The number of carbonyl (C=O) groups is 2. The predicted molar refractivity (Wildman–Crippen MR) is 74.8 cm³/mol. The van der Waals surface area contributed by atoms with Crippen molar-refractivity contribution in [2.24, 2.45) is 5.92 Å². The third-order valence-corrected chi connectivity index (χ3v) is 3.79. The average molecular weight is 359 g/mol. The normalized spacial score (nSPS) is 26.8. The second-order valence-electron chi connectivity index (χ2n) is 4.45. The SMILES string of the molecule is CC(=O)NC1OC(=O)C(c2ccc(I)cc2)C1C. The van der Waals surface area contributed by atoms with Crippen molar-refractivity contribution in [3.63, 3.8) is 0 Å². The van der Waals surface area contributed by atoms with E-state index in [0.29, 0.717) is 0 Å². The van der Waals surface area contributed by atoms with Crippen molar-refractivity contribution in [2.75, 3.05) is 0 Å². The van der Waals surface area contributed by atoms with E-state index in [9.17, 15) is 9.59 Å². The molecule has 1 aliphatic rings. The van der Waals surface area contributed by atoms with E-state index in [4.69, 9.17) is 4.74 Å². The summed E-state index contributed by atoms with van der Waals surface area (Å²) < 4.78 is 6.33. The van der Waals surface area contributed by atoms with Gasteiger partial charge in [0.2, 0.25) is 5.91 Å². The highest BCUT2D eigenvalue weighted by Gasteiger charge is 2.43. The Kier molecular flexibility index (Phi) is 3.89. The van der Waals surface area contributed by atoms with Gasteiger partial charge in [0.05, 0.1) is 5.92 Å². The number of carbonyl (C=O) groups excluding carboxylic acids is 2. The summed E-state index contributed by atoms with van der Waals surface area (Å²) >= 11 is 2.22. The maximum Gasteiger partial charge on any atom is 0.315 e. The molecule has 5 heteroatoms. The van der Waals surface area contributed by atoms with Gasteiger partial charge >= 0.3 is 5.97 Å². The van der Waals surface area contributed by atoms with E-state index in [2.05, 4.69) is 27.9 Å². The molecule has 0 spiro atoms. The smallest absolute Gasteiger partial charge is 0.315 e. The van der Waals surface area contributed by atoms with Gasteiger partial charge in [-0.3, -0.25) is 9.59 Å². The number of amides is 1. The molecule has 3 atom stereocenters. The van der Waals surface area contributed by atoms with Crippen LogP contribution in [0.3, 0.4) is 0 Å². The van der Waals surface area contributed by atoms with E-state index in [1.54, 1.807) is 0 Å². The van der Waals surface area contributed by atoms with Crippen LogP contribution in [0.25, 0.3) is 0 Å². The van der Waals surface area contributed by atoms with Crippen molar-refractivity contribution in [3.8, 4) is 0 Å². The van der Waals surface area contributed by atoms with Crippen molar-refractivity contribution in [1.82, 2.24) is 5.32 Å². The maximum atomic E-state index is 11.9. The number of rotatable bonds is 2. The van der Waals surface area contributed by atoms with Crippen LogP contribution in [0.5, 0.6) is 0 Å². The largest absolute Gasteiger partial charge is 0.441 e. The number of halogens is 1. The van der Waals surface area contributed by atoms with Gasteiger partial charge < -0.3 is 10.1 Å². The fourth-order valence-corrected chi connectivity index (χ4v) is 2.53. The molecular formula is C13H14INO3. The highest BCUT2D eigenvalue weighted by atomic mass is 127. The molecule has 1 N–H and O–H groups in total. The van der Waals surface area contributed by atoms with Crippen LogP contribution in [0.1, 0.15) is 25.3 Å². The minimum Gasteiger partial charge on any atom is -0.441 e. The monoisotopic (exact) mass is 359 g/mol. The lowest BCUT2D eigenvalue weighted by atomic mass is 9.88. The molecule has 96 valence electrons. The van der Waals surface area contributed by atoms with Gasteiger partial charge in [0, 0.05) is 16.4 Å². The van der Waals surface area contributed by atoms with Gasteiger partial charge in [0.25, 0.3) is 0 Å². The Morgan fingerprint density at radius 1 is 1.33 bits per heavy atom. The summed E-state index contributed by atoms with van der Waals surface area (Å²) in [6.45, 7) is 3.33. The Labute approximate surface area is 119 Å². The molecule has 0 aromatic heterocycles. The van der Waals surface area contributed by atoms with Crippen LogP contribution in [-0.2, 0) is 14.3 Å². The molecule has 0 saturated carbocycles. The third kappa shape index (κ3) is 2.66. The van der Waals surface area contributed by atoms with Gasteiger partial charge in [-0.25, -0.2) is 0 Å². The minimum absolute atomic E-state index is 0.0681. The molecule has 4 nitrogen and oxygen atoms in total. The maximum absolute atomic E-state index is 11.9. The van der Waals surface area contributed by atoms with E-state index in [0.717, 1.165) is 9.13 Å². The van der Waals surface area contributed by atoms with Gasteiger partial charge in [-0.05, 0) is 40.3 Å². The number of cyclic esters (lactones) is 1. The number of hydrogen-bond donors (Lipinski definition) is 1. The van der Waals surface area contributed by atoms with Crippen molar-refractivity contribution in [2.45, 2.75) is 26.0 Å². The summed E-state index contributed by atoms with van der Waals surface area (Å²) in [6.07, 6.45) is -0.528. The zero-order valence-electron chi connectivity index (χ0n) is 10.1. The Hall–Kier alpha value is -1.11. The summed E-state index contributed by atoms with van der Waals surface area (Å²) in [5.74, 6) is -0.842. The number of benzene rings is 1. The average Bonchev–Trinajstić information content (AvgIpc) is 2.55. The van der Waals surface area contributed by atoms with Crippen LogP contribution in [0, 0.1) is 9.49 Å². The van der Waals surface area contributed by atoms with E-state index in [-0.39, 0.29) is 23.7 Å². The highest BCUT2D eigenvalue weighted by Crippen LogP contribution is 2.35. The van der Waals surface area contributed by atoms with Crippen molar-refractivity contribution in [1.29, 1.82) is 0 Å². The van der Waals surface area contributed by atoms with E-state index < -0.39 is 6.23 Å². The van der Waals surface area contributed by atoms with Gasteiger partial charge in [-0.15, -0.1) is 0 Å². The van der Waals surface area contributed by atoms with Gasteiger partial charge in [-0.2, -0.15) is 0 Å². The molecule has 1 amide bonds. The Morgan fingerprint density at radius 3 is 2.50 bits per heavy atom. The molecular weight excluding hydrogens is 345 g/mol. The quantitative estimate of drug-likeness (QED) is 0.650. The predicted octanol–water partition coefficient (Wildman–Crippen LogP) is 2.03. The Bertz CT molecular complexity index is 472. The fourth-order valence-electron chi connectivity index (χ4n) is 2.17. The molecule has 0 aliphatic carbocycles. The molecule has 0 radical (unpaired) electrons. The fraction of sp³-hybridized carbons (Fsp3) is 0.385. The van der Waals surface area contributed by atoms with Crippen LogP contribution >= 0.6 is 22.6 Å². The van der Waals surface area contributed by atoms with E-state index >= 15 is 0 Å². The summed E-state index contributed by atoms with van der Waals surface area (Å²) in [4.78, 5) is 22.9. The zero-order chi connectivity index (χ0) is 13.3. The summed E-state index contributed by atoms with van der Waals surface area (Å²) in [5.41, 5.74) is 0.931. The third-order valence-electron chi connectivity index (χ3n) is 3.08. The Morgan fingerprint density at radius 2 is 1.94 bits per heavy atom. The summed E-state index contributed by atoms with van der Waals surface area (Å²) in [6, 6.07) is 7.78. The Balaban J connectivity index is 2.21. The molecule has 0 bridgehead atoms. The topological polar surface area (TPSA) is 55.4 Å². The minimum atomic E-state index is -0.528. The van der Waals surface area contributed by atoms with Crippen molar-refractivity contribution in [3.05, 3.63) is 33.4 Å². The molecule has 1 aromatic rings. The van der Waals surface area contributed by atoms with Crippen molar-refractivity contribution >= 4 is 34.5 Å². The second-order valence-corrected chi connectivity index (χ2v) is 5.69. The first kappa shape index (κ1) is 13.3. The molecule has 1 heterocycles. The van der Waals surface area contributed by atoms with Gasteiger partial charge in [0.15, 0.2) is 6.23 Å². The van der Waals surface area contributed by atoms with Crippen LogP contribution < -0.4 is 5.32 Å². The lowest BCUT2D eigenvalue weighted by molar-refractivity contribution is -0.144. The first-order valence-corrected chi connectivity index (χ1v) is 6.80. The van der Waals surface area contributed by atoms with Gasteiger partial charge in [-0.1, -0.05) is 19.1 Å². The van der Waals surface area contributed by atoms with Crippen LogP contribution in [0.4, 0.5) is 0 Å². The first-order valence-electron chi connectivity index (χ1n) is 5.72. The number of ether oxygens (including phenoxy) is 1. The molecule has 1 aliphatic heterocycles. The number of esters is 1. The number of hydrogen-bond acceptors (Lipinski definition) is 3. The lowest BCUT2D eigenvalue weighted by Gasteiger charge is -2.16. The lowest BCUT2D eigenvalue weighted by Crippen LogP contribution is -2.36. The molecule has 2 rings (SSSR count). The highest BCUT2D eigenvalue weighted by molar-refractivity contribution is 14.1. The molecule has 3 unspecified atom stereocenters. The number of nitrogens with one attached hydrogen (secondary N) is 1. The van der Waals surface area contributed by atoms with E-state index in [1.807, 2.05) is 31.2 Å². The standard InChI is InChI=1S/C13H14INO3/c1-7-11(9-3-5-10(14)6-4-9)13(17)18-12(7)15-8(2)16/h3-7,11-12H,1-2H3,(H,15,16).